The van der Waals surface area contributed by atoms with Crippen molar-refractivity contribution >= 4 is 32.5 Å². The molecule has 0 bridgehead atoms. The van der Waals surface area contributed by atoms with Gasteiger partial charge in [-0.05, 0) is 61.7 Å². The van der Waals surface area contributed by atoms with Gasteiger partial charge in [0.15, 0.2) is 11.5 Å². The van der Waals surface area contributed by atoms with E-state index in [1.165, 1.54) is 19.1 Å². The number of sulfonamides is 1. The molecule has 1 aliphatic carbocycles. The highest BCUT2D eigenvalue weighted by Gasteiger charge is 2.52. The highest BCUT2D eigenvalue weighted by atomic mass is 32.2. The minimum atomic E-state index is -3.72. The van der Waals surface area contributed by atoms with Crippen LogP contribution in [-0.2, 0) is 32.2 Å². The number of nitrogens with zero attached hydrogens (tertiary/aromatic N) is 1. The molecule has 2 aromatic carbocycles. The smallest absolute Gasteiger partial charge is 0.395 e. The molecule has 220 valence electrons. The molecule has 1 atom stereocenters. The number of hydrogen-bond acceptors (Lipinski definition) is 6. The molecule has 5 rings (SSSR count). The number of anilines is 1. The van der Waals surface area contributed by atoms with Gasteiger partial charge in [-0.25, -0.2) is 13.1 Å². The first-order valence-electron chi connectivity index (χ1n) is 13.1. The molecule has 2 aliphatic rings. The number of ether oxygens (including phenoxy) is 2. The summed E-state index contributed by atoms with van der Waals surface area (Å²) in [6.07, 6.45) is -3.53. The molecule has 0 spiro atoms. The molecular weight excluding hydrogens is 544 g/mol. The van der Waals surface area contributed by atoms with Crippen LogP contribution in [0.4, 0.5) is 14.5 Å². The molecule has 3 N–H and O–H groups in total. The van der Waals surface area contributed by atoms with Crippen LogP contribution < -0.4 is 19.5 Å². The highest BCUT2D eigenvalue weighted by Crippen LogP contribution is 2.52. The second kappa shape index (κ2) is 9.71. The number of carbonyl (C=O) groups is 1. The van der Waals surface area contributed by atoms with Gasteiger partial charge in [0.05, 0.1) is 23.8 Å². The molecule has 0 unspecified atom stereocenters. The van der Waals surface area contributed by atoms with Gasteiger partial charge in [-0.15, -0.1) is 8.78 Å². The lowest BCUT2D eigenvalue weighted by Gasteiger charge is -2.24. The number of aromatic nitrogens is 1. The van der Waals surface area contributed by atoms with Crippen LogP contribution in [0.5, 0.6) is 11.5 Å². The zero-order chi connectivity index (χ0) is 29.1. The lowest BCUT2D eigenvalue weighted by molar-refractivity contribution is -0.286. The molecule has 1 amide bonds. The van der Waals surface area contributed by atoms with E-state index in [0.717, 1.165) is 16.6 Å². The van der Waals surface area contributed by atoms with Crippen molar-refractivity contribution in [2.75, 3.05) is 17.6 Å². The lowest BCUT2D eigenvalue weighted by Crippen LogP contribution is -2.36. The average molecular weight is 582 g/mol. The van der Waals surface area contributed by atoms with Crippen molar-refractivity contribution < 1.29 is 39.4 Å². The number of alkyl halides is 2. The Morgan fingerprint density at radius 3 is 2.48 bits per heavy atom. The standard InChI is InChI=1S/C28H33F2N3O6S.2H2/c1-5-40(36,37)31-15-20(34)16-33-21-8-7-19(12-17(21)13-24(33)26(2,3)4)32-25(35)27(10-11-27)18-6-9-22-23(14-18)39-28(29,30)38-22;;/h6-9,12-14,20,31,34H,5,10-11,15-16H2,1-4H3,(H,32,35);2*1H/t20-;;/m0../s1. The molecule has 12 heteroatoms. The topological polar surface area (TPSA) is 119 Å². The van der Waals surface area contributed by atoms with Crippen molar-refractivity contribution in [3.05, 3.63) is 53.7 Å². The van der Waals surface area contributed by atoms with E-state index < -0.39 is 27.8 Å². The van der Waals surface area contributed by atoms with Crippen LogP contribution in [-0.4, -0.2) is 48.7 Å². The van der Waals surface area contributed by atoms with Gasteiger partial charge >= 0.3 is 6.29 Å². The van der Waals surface area contributed by atoms with Crippen molar-refractivity contribution in [1.29, 1.82) is 0 Å². The monoisotopic (exact) mass is 581 g/mol. The first kappa shape index (κ1) is 28.3. The minimum Gasteiger partial charge on any atom is -0.395 e. The number of benzene rings is 2. The summed E-state index contributed by atoms with van der Waals surface area (Å²) in [5, 5.41) is 14.5. The summed E-state index contributed by atoms with van der Waals surface area (Å²) in [5.41, 5.74) is 1.81. The van der Waals surface area contributed by atoms with Crippen LogP contribution in [0.15, 0.2) is 42.5 Å². The van der Waals surface area contributed by atoms with E-state index in [0.29, 0.717) is 24.1 Å². The fraction of sp³-hybridized carbons (Fsp3) is 0.464. The van der Waals surface area contributed by atoms with Crippen LogP contribution in [0.25, 0.3) is 10.9 Å². The SMILES string of the molecule is CCS(=O)(=O)NC[C@H](O)Cn1c(C(C)(C)C)cc2cc(NC(=O)C3(c4ccc5c(c4)OC(F)(F)O5)CC3)ccc21.[HH].[HH]. The largest absolute Gasteiger partial charge is 0.586 e. The van der Waals surface area contributed by atoms with Gasteiger partial charge in [0.25, 0.3) is 0 Å². The predicted molar refractivity (Wildman–Crippen MR) is 151 cm³/mol. The average Bonchev–Trinajstić information content (AvgIpc) is 3.51. The molecule has 9 nitrogen and oxygen atoms in total. The first-order chi connectivity index (χ1) is 18.6. The van der Waals surface area contributed by atoms with Gasteiger partial charge in [0, 0.05) is 37.1 Å². The van der Waals surface area contributed by atoms with Gasteiger partial charge < -0.3 is 24.5 Å². The summed E-state index contributed by atoms with van der Waals surface area (Å²) in [6, 6.07) is 11.9. The minimum absolute atomic E-state index is 0. The number of rotatable bonds is 9. The van der Waals surface area contributed by atoms with Crippen LogP contribution in [0.1, 0.15) is 54.6 Å². The van der Waals surface area contributed by atoms with E-state index in [1.807, 2.05) is 43.5 Å². The number of nitrogens with one attached hydrogen (secondary N) is 2. The Morgan fingerprint density at radius 1 is 1.12 bits per heavy atom. The summed E-state index contributed by atoms with van der Waals surface area (Å²) in [5.74, 6) is -0.474. The van der Waals surface area contributed by atoms with E-state index in [-0.39, 0.29) is 44.5 Å². The molecular formula is C28H37F2N3O6S. The first-order valence-corrected chi connectivity index (χ1v) is 14.8. The molecule has 1 aliphatic heterocycles. The zero-order valence-corrected chi connectivity index (χ0v) is 23.6. The maximum atomic E-state index is 13.5. The molecule has 3 aromatic rings. The molecule has 0 radical (unpaired) electrons. The van der Waals surface area contributed by atoms with Crippen molar-refractivity contribution in [2.24, 2.45) is 0 Å². The second-order valence-corrected chi connectivity index (χ2v) is 13.5. The van der Waals surface area contributed by atoms with Gasteiger partial charge in [-0.3, -0.25) is 4.79 Å². The Bertz CT molecular complexity index is 1590. The Hall–Kier alpha value is -3.22. The van der Waals surface area contributed by atoms with Crippen LogP contribution in [0, 0.1) is 0 Å². The molecule has 1 fully saturated rings. The Morgan fingerprint density at radius 2 is 1.82 bits per heavy atom. The number of fused-ring (bicyclic) bond motifs is 2. The van der Waals surface area contributed by atoms with Crippen molar-refractivity contribution in [1.82, 2.24) is 9.29 Å². The van der Waals surface area contributed by atoms with Crippen molar-refractivity contribution in [3.8, 4) is 11.5 Å². The highest BCUT2D eigenvalue weighted by molar-refractivity contribution is 7.89. The third-order valence-electron chi connectivity index (χ3n) is 7.38. The predicted octanol–water partition coefficient (Wildman–Crippen LogP) is 4.72. The van der Waals surface area contributed by atoms with Crippen molar-refractivity contribution in [3.63, 3.8) is 0 Å². The third kappa shape index (κ3) is 5.52. The lowest BCUT2D eigenvalue weighted by atomic mass is 9.92. The van der Waals surface area contributed by atoms with E-state index in [9.17, 15) is 27.1 Å². The normalized spacial score (nSPS) is 18.1. The number of hydrogen-bond donors (Lipinski definition) is 3. The van der Waals surface area contributed by atoms with Crippen LogP contribution in [0.3, 0.4) is 0 Å². The Kier molecular flexibility index (Phi) is 6.87. The van der Waals surface area contributed by atoms with Crippen molar-refractivity contribution in [2.45, 2.75) is 70.3 Å². The van der Waals surface area contributed by atoms with E-state index in [4.69, 9.17) is 0 Å². The molecule has 0 saturated heterocycles. The Labute approximate surface area is 234 Å². The van der Waals surface area contributed by atoms with Crippen LogP contribution >= 0.6 is 0 Å². The number of aliphatic hydroxyl groups is 1. The summed E-state index contributed by atoms with van der Waals surface area (Å²) in [6.45, 7) is 7.75. The summed E-state index contributed by atoms with van der Waals surface area (Å²) < 4.78 is 64.0. The molecule has 1 saturated carbocycles. The molecule has 40 heavy (non-hydrogen) atoms. The summed E-state index contributed by atoms with van der Waals surface area (Å²) >= 11 is 0. The van der Waals surface area contributed by atoms with Crippen LogP contribution in [0.2, 0.25) is 0 Å². The third-order valence-corrected chi connectivity index (χ3v) is 8.74. The molecule has 1 aromatic heterocycles. The number of halogens is 2. The van der Waals surface area contributed by atoms with E-state index in [2.05, 4.69) is 19.5 Å². The number of aliphatic hydroxyl groups excluding tert-OH is 1. The quantitative estimate of drug-likeness (QED) is 0.337. The second-order valence-electron chi connectivity index (χ2n) is 11.4. The fourth-order valence-electron chi connectivity index (χ4n) is 5.04. The molecule has 2 heterocycles. The maximum Gasteiger partial charge on any atom is 0.586 e. The summed E-state index contributed by atoms with van der Waals surface area (Å²) in [4.78, 5) is 13.4. The van der Waals surface area contributed by atoms with Gasteiger partial charge in [0.2, 0.25) is 15.9 Å². The number of carbonyl (C=O) groups excluding carboxylic acids is 1. The Balaban J connectivity index is 0.00000242. The van der Waals surface area contributed by atoms with E-state index in [1.54, 1.807) is 12.1 Å². The van der Waals surface area contributed by atoms with Gasteiger partial charge in [-0.1, -0.05) is 26.8 Å². The number of amides is 1. The zero-order valence-electron chi connectivity index (χ0n) is 22.8. The van der Waals surface area contributed by atoms with Gasteiger partial charge in [0.1, 0.15) is 0 Å². The fourth-order valence-corrected chi connectivity index (χ4v) is 5.69. The van der Waals surface area contributed by atoms with Gasteiger partial charge in [-0.2, -0.15) is 0 Å². The maximum absolute atomic E-state index is 13.5. The van der Waals surface area contributed by atoms with E-state index >= 15 is 0 Å². The summed E-state index contributed by atoms with van der Waals surface area (Å²) in [7, 11) is -3.43.